The van der Waals surface area contributed by atoms with E-state index in [1.807, 2.05) is 40.1 Å². The molecule has 0 N–H and O–H groups in total. The van der Waals surface area contributed by atoms with Crippen molar-refractivity contribution in [3.63, 3.8) is 0 Å². The minimum Gasteiger partial charge on any atom is -0.497 e. The molecule has 7 heteroatoms. The molecule has 0 aliphatic carbocycles. The van der Waals surface area contributed by atoms with Crippen molar-refractivity contribution < 1.29 is 14.3 Å². The Morgan fingerprint density at radius 2 is 1.49 bits per heavy atom. The molecule has 35 heavy (non-hydrogen) atoms. The molecule has 2 aliphatic heterocycles. The van der Waals surface area contributed by atoms with Gasteiger partial charge in [0.2, 0.25) is 0 Å². The number of hydrogen-bond donors (Lipinski definition) is 0. The first-order chi connectivity index (χ1) is 17.0. The van der Waals surface area contributed by atoms with Gasteiger partial charge in [-0.3, -0.25) is 9.59 Å². The van der Waals surface area contributed by atoms with Crippen molar-refractivity contribution in [3.05, 3.63) is 88.4 Å². The van der Waals surface area contributed by atoms with Crippen molar-refractivity contribution in [2.75, 3.05) is 49.6 Å². The fourth-order valence-corrected chi connectivity index (χ4v) is 4.96. The molecule has 0 spiro atoms. The van der Waals surface area contributed by atoms with Crippen molar-refractivity contribution in [1.82, 2.24) is 4.90 Å². The predicted octanol–water partition coefficient (Wildman–Crippen LogP) is 4.90. The second kappa shape index (κ2) is 10.0. The number of benzene rings is 3. The Morgan fingerprint density at radius 3 is 2.17 bits per heavy atom. The summed E-state index contributed by atoms with van der Waals surface area (Å²) in [6.45, 7) is 3.57. The van der Waals surface area contributed by atoms with Crippen molar-refractivity contribution in [2.45, 2.75) is 12.8 Å². The minimum absolute atomic E-state index is 0.0448. The maximum absolute atomic E-state index is 13.3. The van der Waals surface area contributed by atoms with Gasteiger partial charge in [0.15, 0.2) is 0 Å². The van der Waals surface area contributed by atoms with Crippen molar-refractivity contribution in [2.24, 2.45) is 0 Å². The quantitative estimate of drug-likeness (QED) is 0.523. The van der Waals surface area contributed by atoms with E-state index >= 15 is 0 Å². The average Bonchev–Trinajstić information content (AvgIpc) is 2.92. The molecule has 0 bridgehead atoms. The molecule has 0 atom stereocenters. The average molecular weight is 490 g/mol. The third-order valence-corrected chi connectivity index (χ3v) is 7.04. The number of nitrogens with zero attached hydrogens (tertiary/aromatic N) is 3. The number of anilines is 2. The maximum atomic E-state index is 13.3. The predicted molar refractivity (Wildman–Crippen MR) is 139 cm³/mol. The Labute approximate surface area is 210 Å². The van der Waals surface area contributed by atoms with E-state index in [2.05, 4.69) is 17.0 Å². The first-order valence-corrected chi connectivity index (χ1v) is 12.3. The second-order valence-electron chi connectivity index (χ2n) is 8.89. The molecule has 2 amide bonds. The zero-order chi connectivity index (χ0) is 24.4. The van der Waals surface area contributed by atoms with Gasteiger partial charge in [0.05, 0.1) is 7.11 Å². The normalized spacial score (nSPS) is 15.5. The lowest BCUT2D eigenvalue weighted by atomic mass is 9.97. The van der Waals surface area contributed by atoms with Gasteiger partial charge in [-0.2, -0.15) is 0 Å². The van der Waals surface area contributed by atoms with Gasteiger partial charge in [0, 0.05) is 60.2 Å². The van der Waals surface area contributed by atoms with Crippen LogP contribution in [0.3, 0.4) is 0 Å². The number of carbonyl (C=O) groups excluding carboxylic acids is 2. The van der Waals surface area contributed by atoms with Crippen molar-refractivity contribution >= 4 is 34.8 Å². The number of rotatable bonds is 4. The Bertz CT molecular complexity index is 1220. The molecule has 2 heterocycles. The van der Waals surface area contributed by atoms with E-state index in [4.69, 9.17) is 16.3 Å². The van der Waals surface area contributed by atoms with Crippen LogP contribution >= 0.6 is 11.6 Å². The van der Waals surface area contributed by atoms with E-state index in [1.165, 1.54) is 0 Å². The lowest BCUT2D eigenvalue weighted by Crippen LogP contribution is -2.48. The molecular weight excluding hydrogens is 462 g/mol. The summed E-state index contributed by atoms with van der Waals surface area (Å²) in [5, 5.41) is 0.605. The van der Waals surface area contributed by atoms with Gasteiger partial charge in [0.1, 0.15) is 5.75 Å². The molecule has 0 radical (unpaired) electrons. The zero-order valence-electron chi connectivity index (χ0n) is 19.7. The van der Waals surface area contributed by atoms with E-state index in [9.17, 15) is 9.59 Å². The number of amides is 2. The summed E-state index contributed by atoms with van der Waals surface area (Å²) in [5.41, 5.74) is 4.36. The van der Waals surface area contributed by atoms with Gasteiger partial charge in [-0.05, 0) is 85.1 Å². The molecule has 3 aromatic rings. The third-order valence-electron chi connectivity index (χ3n) is 6.79. The number of carbonyl (C=O) groups is 2. The van der Waals surface area contributed by atoms with Gasteiger partial charge < -0.3 is 19.4 Å². The zero-order valence-corrected chi connectivity index (χ0v) is 20.5. The highest BCUT2D eigenvalue weighted by molar-refractivity contribution is 6.30. The summed E-state index contributed by atoms with van der Waals surface area (Å²) in [4.78, 5) is 32.4. The summed E-state index contributed by atoms with van der Waals surface area (Å²) in [6.07, 6.45) is 1.72. The largest absolute Gasteiger partial charge is 0.497 e. The molecule has 1 fully saturated rings. The number of piperazine rings is 1. The Morgan fingerprint density at radius 1 is 0.800 bits per heavy atom. The van der Waals surface area contributed by atoms with E-state index in [1.54, 1.807) is 31.4 Å². The number of aryl methyl sites for hydroxylation is 1. The van der Waals surface area contributed by atoms with Gasteiger partial charge in [-0.15, -0.1) is 0 Å². The van der Waals surface area contributed by atoms with Crippen molar-refractivity contribution in [3.8, 4) is 5.75 Å². The van der Waals surface area contributed by atoms with Crippen LogP contribution in [0.5, 0.6) is 5.75 Å². The molecular formula is C28H28ClN3O3. The highest BCUT2D eigenvalue weighted by atomic mass is 35.5. The van der Waals surface area contributed by atoms with Crippen LogP contribution in [-0.2, 0) is 6.42 Å². The van der Waals surface area contributed by atoms with Crippen LogP contribution in [0.1, 0.15) is 32.7 Å². The number of methoxy groups -OCH3 is 1. The van der Waals surface area contributed by atoms with Gasteiger partial charge >= 0.3 is 0 Å². The van der Waals surface area contributed by atoms with Crippen LogP contribution < -0.4 is 14.5 Å². The number of hydrogen-bond acceptors (Lipinski definition) is 4. The molecule has 0 aromatic heterocycles. The first kappa shape index (κ1) is 23.2. The molecule has 3 aromatic carbocycles. The van der Waals surface area contributed by atoms with E-state index in [0.717, 1.165) is 48.6 Å². The smallest absolute Gasteiger partial charge is 0.258 e. The Balaban J connectivity index is 1.27. The van der Waals surface area contributed by atoms with E-state index in [0.29, 0.717) is 35.8 Å². The molecule has 0 unspecified atom stereocenters. The van der Waals surface area contributed by atoms with Crippen LogP contribution in [0.15, 0.2) is 66.7 Å². The van der Waals surface area contributed by atoms with E-state index < -0.39 is 0 Å². The van der Waals surface area contributed by atoms with E-state index in [-0.39, 0.29) is 11.8 Å². The highest BCUT2D eigenvalue weighted by Gasteiger charge is 2.27. The fraction of sp³-hybridized carbons (Fsp3) is 0.286. The fourth-order valence-electron chi connectivity index (χ4n) is 4.83. The number of ether oxygens (including phenoxy) is 1. The molecule has 6 nitrogen and oxygen atoms in total. The Kier molecular flexibility index (Phi) is 6.64. The van der Waals surface area contributed by atoms with Gasteiger partial charge in [-0.25, -0.2) is 0 Å². The molecule has 0 saturated carbocycles. The summed E-state index contributed by atoms with van der Waals surface area (Å²) in [6, 6.07) is 20.7. The number of halogens is 1. The topological polar surface area (TPSA) is 53.1 Å². The number of fused-ring (bicyclic) bond motifs is 1. The van der Waals surface area contributed by atoms with Crippen LogP contribution in [0.25, 0.3) is 0 Å². The van der Waals surface area contributed by atoms with Crippen LogP contribution in [-0.4, -0.2) is 56.5 Å². The highest BCUT2D eigenvalue weighted by Crippen LogP contribution is 2.30. The summed E-state index contributed by atoms with van der Waals surface area (Å²) >= 11 is 5.98. The summed E-state index contributed by atoms with van der Waals surface area (Å²) in [7, 11) is 1.66. The van der Waals surface area contributed by atoms with Crippen molar-refractivity contribution in [1.29, 1.82) is 0 Å². The first-order valence-electron chi connectivity index (χ1n) is 11.9. The molecule has 2 aliphatic rings. The third kappa shape index (κ3) is 4.84. The molecule has 5 rings (SSSR count). The summed E-state index contributed by atoms with van der Waals surface area (Å²) in [5.74, 6) is 0.836. The van der Waals surface area contributed by atoms with Crippen LogP contribution in [0.4, 0.5) is 11.4 Å². The standard InChI is InChI=1S/C28H28ClN3O3/c1-35-25-11-9-24(10-12-25)30-15-17-31(18-16-30)27(33)22-6-13-26-21(19-22)3-2-14-32(26)28(34)20-4-7-23(29)8-5-20/h4-13,19H,2-3,14-18H2,1H3. The van der Waals surface area contributed by atoms with Gasteiger partial charge in [-0.1, -0.05) is 11.6 Å². The lowest BCUT2D eigenvalue weighted by molar-refractivity contribution is 0.0746. The second-order valence-corrected chi connectivity index (χ2v) is 9.32. The lowest BCUT2D eigenvalue weighted by Gasteiger charge is -2.36. The van der Waals surface area contributed by atoms with Gasteiger partial charge in [0.25, 0.3) is 11.8 Å². The van der Waals surface area contributed by atoms with Crippen LogP contribution in [0, 0.1) is 0 Å². The maximum Gasteiger partial charge on any atom is 0.258 e. The Hall–Kier alpha value is -3.51. The SMILES string of the molecule is COc1ccc(N2CCN(C(=O)c3ccc4c(c3)CCCN4C(=O)c3ccc(Cl)cc3)CC2)cc1. The monoisotopic (exact) mass is 489 g/mol. The molecule has 180 valence electrons. The molecule has 1 saturated heterocycles. The minimum atomic E-state index is -0.0450. The summed E-state index contributed by atoms with van der Waals surface area (Å²) < 4.78 is 5.24. The van der Waals surface area contributed by atoms with Crippen LogP contribution in [0.2, 0.25) is 5.02 Å².